The average molecular weight is 364 g/mol. The van der Waals surface area contributed by atoms with Crippen molar-refractivity contribution >= 4 is 40.3 Å². The van der Waals surface area contributed by atoms with Crippen molar-refractivity contribution in [1.82, 2.24) is 5.32 Å². The van der Waals surface area contributed by atoms with E-state index in [-0.39, 0.29) is 0 Å². The second-order valence-corrected chi connectivity index (χ2v) is 6.16. The summed E-state index contributed by atoms with van der Waals surface area (Å²) in [7, 11) is 3.68. The van der Waals surface area contributed by atoms with Crippen LogP contribution in [-0.2, 0) is 0 Å². The Kier molecular flexibility index (Phi) is 7.15. The summed E-state index contributed by atoms with van der Waals surface area (Å²) in [5.74, 6) is 0.644. The second kappa shape index (κ2) is 9.35. The number of halogens is 1. The summed E-state index contributed by atoms with van der Waals surface area (Å²) in [6.07, 6.45) is 0.983. The van der Waals surface area contributed by atoms with E-state index in [0.717, 1.165) is 25.2 Å². The summed E-state index contributed by atoms with van der Waals surface area (Å²) in [6, 6.07) is 15.8. The molecule has 0 bridgehead atoms. The Morgan fingerprint density at radius 3 is 2.62 bits per heavy atom. The van der Waals surface area contributed by atoms with Crippen LogP contribution in [0.2, 0.25) is 5.02 Å². The van der Waals surface area contributed by atoms with Gasteiger partial charge in [0.2, 0.25) is 0 Å². The number of hydrogen-bond donors (Lipinski definition) is 2. The third kappa shape index (κ3) is 5.58. The average Bonchev–Trinajstić information content (AvgIpc) is 2.59. The van der Waals surface area contributed by atoms with Gasteiger partial charge in [-0.05, 0) is 49.0 Å². The molecule has 0 fully saturated rings. The quantitative estimate of drug-likeness (QED) is 0.570. The van der Waals surface area contributed by atoms with E-state index in [1.54, 1.807) is 13.2 Å². The maximum atomic E-state index is 6.10. The summed E-state index contributed by atoms with van der Waals surface area (Å²) in [5.41, 5.74) is 2.05. The van der Waals surface area contributed by atoms with Gasteiger partial charge in [0.25, 0.3) is 0 Å². The van der Waals surface area contributed by atoms with Crippen LogP contribution in [0.5, 0.6) is 5.75 Å². The summed E-state index contributed by atoms with van der Waals surface area (Å²) >= 11 is 11.4. The van der Waals surface area contributed by atoms with Crippen LogP contribution in [-0.4, -0.2) is 32.4 Å². The number of nitrogens with zero attached hydrogens (tertiary/aromatic N) is 1. The van der Waals surface area contributed by atoms with E-state index < -0.39 is 0 Å². The molecule has 0 heterocycles. The van der Waals surface area contributed by atoms with Crippen molar-refractivity contribution in [1.29, 1.82) is 0 Å². The first-order valence-corrected chi connectivity index (χ1v) is 8.53. The van der Waals surface area contributed by atoms with Gasteiger partial charge in [0.1, 0.15) is 5.75 Å². The van der Waals surface area contributed by atoms with Crippen molar-refractivity contribution in [3.8, 4) is 5.75 Å². The Balaban J connectivity index is 1.71. The summed E-state index contributed by atoms with van der Waals surface area (Å²) in [4.78, 5) is 2.22. The molecule has 2 N–H and O–H groups in total. The molecule has 0 atom stereocenters. The number of thiocarbonyl (C=S) groups is 1. The molecule has 0 spiro atoms. The predicted octanol–water partition coefficient (Wildman–Crippen LogP) is 4.16. The third-order valence-electron chi connectivity index (χ3n) is 3.56. The van der Waals surface area contributed by atoms with Crippen molar-refractivity contribution < 1.29 is 4.74 Å². The van der Waals surface area contributed by atoms with Gasteiger partial charge in [-0.2, -0.15) is 0 Å². The molecule has 24 heavy (non-hydrogen) atoms. The van der Waals surface area contributed by atoms with Crippen LogP contribution in [0.4, 0.5) is 11.4 Å². The van der Waals surface area contributed by atoms with Crippen LogP contribution in [0.1, 0.15) is 6.42 Å². The molecule has 4 nitrogen and oxygen atoms in total. The van der Waals surface area contributed by atoms with Gasteiger partial charge in [0, 0.05) is 31.5 Å². The Morgan fingerprint density at radius 2 is 1.96 bits per heavy atom. The minimum Gasteiger partial charge on any atom is -0.495 e. The first-order valence-electron chi connectivity index (χ1n) is 7.74. The van der Waals surface area contributed by atoms with Crippen LogP contribution >= 0.6 is 23.8 Å². The van der Waals surface area contributed by atoms with Gasteiger partial charge in [-0.15, -0.1) is 0 Å². The number of hydrogen-bond acceptors (Lipinski definition) is 3. The topological polar surface area (TPSA) is 36.5 Å². The van der Waals surface area contributed by atoms with Crippen molar-refractivity contribution in [2.75, 3.05) is 37.5 Å². The van der Waals surface area contributed by atoms with Crippen molar-refractivity contribution in [2.24, 2.45) is 0 Å². The molecule has 0 aliphatic rings. The molecule has 2 aromatic rings. The van der Waals surface area contributed by atoms with Crippen LogP contribution in [0.3, 0.4) is 0 Å². The molecule has 0 saturated heterocycles. The SMILES string of the molecule is COc1ccc(NC(=S)NCCCN(C)c2ccccc2)cc1Cl. The normalized spacial score (nSPS) is 10.1. The van der Waals surface area contributed by atoms with E-state index in [9.17, 15) is 0 Å². The lowest BCUT2D eigenvalue weighted by molar-refractivity contribution is 0.415. The lowest BCUT2D eigenvalue weighted by atomic mass is 10.3. The second-order valence-electron chi connectivity index (χ2n) is 5.34. The molecule has 2 aromatic carbocycles. The molecular formula is C18H22ClN3OS. The molecule has 0 aromatic heterocycles. The highest BCUT2D eigenvalue weighted by Gasteiger charge is 2.04. The molecule has 0 aliphatic carbocycles. The van der Waals surface area contributed by atoms with E-state index in [0.29, 0.717) is 15.9 Å². The minimum absolute atomic E-state index is 0.551. The summed E-state index contributed by atoms with van der Waals surface area (Å²) in [5, 5.41) is 7.46. The Bertz CT molecular complexity index is 667. The lowest BCUT2D eigenvalue weighted by Gasteiger charge is -2.19. The molecule has 0 saturated carbocycles. The number of benzene rings is 2. The molecule has 0 unspecified atom stereocenters. The number of para-hydroxylation sites is 1. The Hall–Kier alpha value is -1.98. The lowest BCUT2D eigenvalue weighted by Crippen LogP contribution is -2.31. The van der Waals surface area contributed by atoms with Gasteiger partial charge in [-0.25, -0.2) is 0 Å². The first-order chi connectivity index (χ1) is 11.6. The highest BCUT2D eigenvalue weighted by atomic mass is 35.5. The molecule has 6 heteroatoms. The molecular weight excluding hydrogens is 342 g/mol. The van der Waals surface area contributed by atoms with E-state index in [4.69, 9.17) is 28.6 Å². The highest BCUT2D eigenvalue weighted by Crippen LogP contribution is 2.27. The van der Waals surface area contributed by atoms with Crippen LogP contribution in [0.25, 0.3) is 0 Å². The molecule has 128 valence electrons. The standard InChI is InChI=1S/C18H22ClN3OS/c1-22(15-7-4-3-5-8-15)12-6-11-20-18(24)21-14-9-10-17(23-2)16(19)13-14/h3-5,7-10,13H,6,11-12H2,1-2H3,(H2,20,21,24). The molecule has 2 rings (SSSR count). The maximum Gasteiger partial charge on any atom is 0.170 e. The first kappa shape index (κ1) is 18.4. The maximum absolute atomic E-state index is 6.10. The van der Waals surface area contributed by atoms with E-state index in [1.165, 1.54) is 5.69 Å². The third-order valence-corrected chi connectivity index (χ3v) is 4.10. The Labute approximate surface area is 153 Å². The Morgan fingerprint density at radius 1 is 1.21 bits per heavy atom. The van der Waals surface area contributed by atoms with Crippen molar-refractivity contribution in [2.45, 2.75) is 6.42 Å². The molecule has 0 radical (unpaired) electrons. The number of anilines is 2. The van der Waals surface area contributed by atoms with Gasteiger partial charge < -0.3 is 20.3 Å². The largest absolute Gasteiger partial charge is 0.495 e. The fourth-order valence-corrected chi connectivity index (χ4v) is 2.73. The van der Waals surface area contributed by atoms with E-state index in [1.807, 2.05) is 30.3 Å². The fourth-order valence-electron chi connectivity index (χ4n) is 2.25. The van der Waals surface area contributed by atoms with Crippen LogP contribution in [0.15, 0.2) is 48.5 Å². The van der Waals surface area contributed by atoms with Gasteiger partial charge in [0.05, 0.1) is 12.1 Å². The van der Waals surface area contributed by atoms with Gasteiger partial charge in [0.15, 0.2) is 5.11 Å². The van der Waals surface area contributed by atoms with Crippen molar-refractivity contribution in [3.05, 3.63) is 53.6 Å². The van der Waals surface area contributed by atoms with E-state index >= 15 is 0 Å². The highest BCUT2D eigenvalue weighted by molar-refractivity contribution is 7.80. The zero-order valence-electron chi connectivity index (χ0n) is 13.9. The van der Waals surface area contributed by atoms with Gasteiger partial charge in [-0.1, -0.05) is 29.8 Å². The summed E-state index contributed by atoms with van der Waals surface area (Å²) in [6.45, 7) is 1.75. The molecule has 0 aliphatic heterocycles. The number of methoxy groups -OCH3 is 1. The predicted molar refractivity (Wildman–Crippen MR) is 107 cm³/mol. The summed E-state index contributed by atoms with van der Waals surface area (Å²) < 4.78 is 5.13. The van der Waals surface area contributed by atoms with E-state index in [2.05, 4.69) is 34.7 Å². The fraction of sp³-hybridized carbons (Fsp3) is 0.278. The van der Waals surface area contributed by atoms with Gasteiger partial charge in [-0.3, -0.25) is 0 Å². The minimum atomic E-state index is 0.551. The number of rotatable bonds is 7. The van der Waals surface area contributed by atoms with Gasteiger partial charge >= 0.3 is 0 Å². The zero-order valence-corrected chi connectivity index (χ0v) is 15.5. The zero-order chi connectivity index (χ0) is 17.4. The number of nitrogens with one attached hydrogen (secondary N) is 2. The molecule has 0 amide bonds. The smallest absolute Gasteiger partial charge is 0.170 e. The van der Waals surface area contributed by atoms with Crippen molar-refractivity contribution in [3.63, 3.8) is 0 Å². The monoisotopic (exact) mass is 363 g/mol. The number of ether oxygens (including phenoxy) is 1. The van der Waals surface area contributed by atoms with Crippen LogP contribution in [0, 0.1) is 0 Å². The van der Waals surface area contributed by atoms with Crippen LogP contribution < -0.4 is 20.3 Å².